The quantitative estimate of drug-likeness (QED) is 0.766. The summed E-state index contributed by atoms with van der Waals surface area (Å²) in [5, 5.41) is 0. The SMILES string of the molecule is CC(C)CN1C[C@@H]2CN(C(=O)[C@H]3CCCO3)C[C@@H]2C1=O. The highest BCUT2D eigenvalue weighted by atomic mass is 16.5. The molecule has 3 heterocycles. The Morgan fingerprint density at radius 3 is 2.75 bits per heavy atom. The van der Waals surface area contributed by atoms with Crippen molar-refractivity contribution in [2.45, 2.75) is 32.8 Å². The second-order valence-corrected chi connectivity index (χ2v) is 6.75. The van der Waals surface area contributed by atoms with Crippen LogP contribution in [0.2, 0.25) is 0 Å². The molecule has 3 rings (SSSR count). The molecule has 0 unspecified atom stereocenters. The number of fused-ring (bicyclic) bond motifs is 1. The summed E-state index contributed by atoms with van der Waals surface area (Å²) in [5.41, 5.74) is 0. The summed E-state index contributed by atoms with van der Waals surface area (Å²) in [6, 6.07) is 0. The van der Waals surface area contributed by atoms with Gasteiger partial charge in [-0.15, -0.1) is 0 Å². The van der Waals surface area contributed by atoms with Crippen molar-refractivity contribution in [1.29, 1.82) is 0 Å². The van der Waals surface area contributed by atoms with Gasteiger partial charge in [0.1, 0.15) is 6.10 Å². The lowest BCUT2D eigenvalue weighted by atomic mass is 10.0. The van der Waals surface area contributed by atoms with E-state index in [4.69, 9.17) is 4.74 Å². The first-order chi connectivity index (χ1) is 9.56. The minimum Gasteiger partial charge on any atom is -0.368 e. The number of hydrogen-bond donors (Lipinski definition) is 0. The number of nitrogens with zero attached hydrogens (tertiary/aromatic N) is 2. The van der Waals surface area contributed by atoms with E-state index in [-0.39, 0.29) is 23.8 Å². The average molecular weight is 280 g/mol. The molecule has 20 heavy (non-hydrogen) atoms. The van der Waals surface area contributed by atoms with Gasteiger partial charge < -0.3 is 14.5 Å². The third-order valence-electron chi connectivity index (χ3n) is 4.63. The van der Waals surface area contributed by atoms with E-state index in [1.807, 2.05) is 9.80 Å². The average Bonchev–Trinajstić information content (AvgIpc) is 3.08. The summed E-state index contributed by atoms with van der Waals surface area (Å²) in [6.45, 7) is 7.93. The van der Waals surface area contributed by atoms with Gasteiger partial charge in [0.2, 0.25) is 5.91 Å². The third-order valence-corrected chi connectivity index (χ3v) is 4.63. The first kappa shape index (κ1) is 13.9. The molecule has 0 radical (unpaired) electrons. The number of likely N-dealkylation sites (tertiary alicyclic amines) is 2. The Morgan fingerprint density at radius 1 is 1.35 bits per heavy atom. The van der Waals surface area contributed by atoms with E-state index in [1.54, 1.807) is 0 Å². The number of carbonyl (C=O) groups excluding carboxylic acids is 2. The van der Waals surface area contributed by atoms with Crippen LogP contribution < -0.4 is 0 Å². The standard InChI is InChI=1S/C15H24N2O3/c1-10(2)6-16-7-11-8-17(9-12(11)14(16)18)15(19)13-4-3-5-20-13/h10-13H,3-9H2,1-2H3/t11-,12+,13-/m1/s1. The molecule has 0 spiro atoms. The van der Waals surface area contributed by atoms with E-state index in [0.29, 0.717) is 25.0 Å². The molecule has 0 saturated carbocycles. The summed E-state index contributed by atoms with van der Waals surface area (Å²) in [7, 11) is 0. The number of rotatable bonds is 3. The van der Waals surface area contributed by atoms with Crippen LogP contribution in [-0.4, -0.2) is 60.5 Å². The van der Waals surface area contributed by atoms with Crippen LogP contribution in [0, 0.1) is 17.8 Å². The molecule has 3 atom stereocenters. The van der Waals surface area contributed by atoms with Crippen LogP contribution in [0.25, 0.3) is 0 Å². The van der Waals surface area contributed by atoms with E-state index < -0.39 is 0 Å². The van der Waals surface area contributed by atoms with Crippen molar-refractivity contribution in [2.75, 3.05) is 32.8 Å². The van der Waals surface area contributed by atoms with Gasteiger partial charge in [0.05, 0.1) is 5.92 Å². The monoisotopic (exact) mass is 280 g/mol. The van der Waals surface area contributed by atoms with Crippen molar-refractivity contribution in [2.24, 2.45) is 17.8 Å². The molecule has 3 aliphatic rings. The number of hydrogen-bond acceptors (Lipinski definition) is 3. The van der Waals surface area contributed by atoms with Crippen molar-refractivity contribution in [3.8, 4) is 0 Å². The summed E-state index contributed by atoms with van der Waals surface area (Å²) in [6.07, 6.45) is 1.55. The van der Waals surface area contributed by atoms with E-state index >= 15 is 0 Å². The smallest absolute Gasteiger partial charge is 0.251 e. The molecule has 5 heteroatoms. The minimum atomic E-state index is -0.254. The fourth-order valence-electron chi connectivity index (χ4n) is 3.70. The predicted octanol–water partition coefficient (Wildman–Crippen LogP) is 0.738. The lowest BCUT2D eigenvalue weighted by Gasteiger charge is -2.24. The van der Waals surface area contributed by atoms with Crippen LogP contribution in [-0.2, 0) is 14.3 Å². The molecule has 0 aromatic carbocycles. The largest absolute Gasteiger partial charge is 0.368 e. The Morgan fingerprint density at radius 2 is 2.15 bits per heavy atom. The topological polar surface area (TPSA) is 49.9 Å². The maximum Gasteiger partial charge on any atom is 0.251 e. The van der Waals surface area contributed by atoms with Crippen LogP contribution >= 0.6 is 0 Å². The Hall–Kier alpha value is -1.10. The Kier molecular flexibility index (Phi) is 3.71. The van der Waals surface area contributed by atoms with Gasteiger partial charge in [-0.1, -0.05) is 13.8 Å². The van der Waals surface area contributed by atoms with Crippen molar-refractivity contribution < 1.29 is 14.3 Å². The van der Waals surface area contributed by atoms with E-state index in [0.717, 1.165) is 32.5 Å². The van der Waals surface area contributed by atoms with Gasteiger partial charge in [-0.25, -0.2) is 0 Å². The first-order valence-corrected chi connectivity index (χ1v) is 7.75. The number of carbonyl (C=O) groups is 2. The highest BCUT2D eigenvalue weighted by molar-refractivity contribution is 5.86. The number of ether oxygens (including phenoxy) is 1. The predicted molar refractivity (Wildman–Crippen MR) is 74.0 cm³/mol. The zero-order valence-electron chi connectivity index (χ0n) is 12.4. The molecule has 5 nitrogen and oxygen atoms in total. The lowest BCUT2D eigenvalue weighted by Crippen LogP contribution is -2.41. The summed E-state index contributed by atoms with van der Waals surface area (Å²) in [5.74, 6) is 1.19. The second-order valence-electron chi connectivity index (χ2n) is 6.75. The van der Waals surface area contributed by atoms with Crippen molar-refractivity contribution in [3.05, 3.63) is 0 Å². The fraction of sp³-hybridized carbons (Fsp3) is 0.867. The molecule has 0 aromatic rings. The molecule has 0 bridgehead atoms. The number of amides is 2. The summed E-state index contributed by atoms with van der Waals surface area (Å²) < 4.78 is 5.46. The van der Waals surface area contributed by atoms with Gasteiger partial charge in [-0.2, -0.15) is 0 Å². The normalized spacial score (nSPS) is 33.4. The highest BCUT2D eigenvalue weighted by Crippen LogP contribution is 2.33. The van der Waals surface area contributed by atoms with Crippen molar-refractivity contribution in [3.63, 3.8) is 0 Å². The molecule has 0 N–H and O–H groups in total. The minimum absolute atomic E-state index is 0.0269. The molecule has 0 aromatic heterocycles. The van der Waals surface area contributed by atoms with E-state index in [1.165, 1.54) is 0 Å². The third kappa shape index (κ3) is 2.43. The fourth-order valence-corrected chi connectivity index (χ4v) is 3.70. The molecule has 2 amide bonds. The van der Waals surface area contributed by atoms with Gasteiger partial charge in [0.25, 0.3) is 5.91 Å². The first-order valence-electron chi connectivity index (χ1n) is 7.75. The van der Waals surface area contributed by atoms with Crippen molar-refractivity contribution >= 4 is 11.8 Å². The lowest BCUT2D eigenvalue weighted by molar-refractivity contribution is -0.140. The molecule has 0 aliphatic carbocycles. The van der Waals surface area contributed by atoms with Crippen LogP contribution in [0.5, 0.6) is 0 Å². The van der Waals surface area contributed by atoms with E-state index in [9.17, 15) is 9.59 Å². The van der Waals surface area contributed by atoms with E-state index in [2.05, 4.69) is 13.8 Å². The van der Waals surface area contributed by atoms with Crippen LogP contribution in [0.15, 0.2) is 0 Å². The zero-order valence-corrected chi connectivity index (χ0v) is 12.4. The van der Waals surface area contributed by atoms with Crippen LogP contribution in [0.4, 0.5) is 0 Å². The van der Waals surface area contributed by atoms with Crippen LogP contribution in [0.1, 0.15) is 26.7 Å². The molecule has 3 aliphatic heterocycles. The summed E-state index contributed by atoms with van der Waals surface area (Å²) in [4.78, 5) is 28.5. The van der Waals surface area contributed by atoms with Crippen molar-refractivity contribution in [1.82, 2.24) is 9.80 Å². The van der Waals surface area contributed by atoms with Crippen LogP contribution in [0.3, 0.4) is 0 Å². The molecular weight excluding hydrogens is 256 g/mol. The second kappa shape index (κ2) is 5.35. The maximum absolute atomic E-state index is 12.4. The highest BCUT2D eigenvalue weighted by Gasteiger charge is 2.48. The van der Waals surface area contributed by atoms with Gasteiger partial charge in [-0.05, 0) is 18.8 Å². The van der Waals surface area contributed by atoms with Gasteiger partial charge in [-0.3, -0.25) is 9.59 Å². The maximum atomic E-state index is 12.4. The van der Waals surface area contributed by atoms with Gasteiger partial charge in [0, 0.05) is 38.7 Å². The van der Waals surface area contributed by atoms with Gasteiger partial charge >= 0.3 is 0 Å². The Bertz CT molecular complexity index is 404. The zero-order chi connectivity index (χ0) is 14.3. The molecule has 112 valence electrons. The molecular formula is C15H24N2O3. The molecule has 3 saturated heterocycles. The molecule has 3 fully saturated rings. The van der Waals surface area contributed by atoms with Gasteiger partial charge in [0.15, 0.2) is 0 Å². The Labute approximate surface area is 120 Å². The summed E-state index contributed by atoms with van der Waals surface area (Å²) >= 11 is 0. The Balaban J connectivity index is 1.59.